The Bertz CT molecular complexity index is 544. The Morgan fingerprint density at radius 1 is 1.52 bits per heavy atom. The Kier molecular flexibility index (Phi) is 6.09. The lowest BCUT2D eigenvalue weighted by atomic mass is 10.3. The van der Waals surface area contributed by atoms with Crippen molar-refractivity contribution in [3.8, 4) is 0 Å². The molecule has 1 fully saturated rings. The Hall–Kier alpha value is -0.570. The minimum absolute atomic E-state index is 0.314. The van der Waals surface area contributed by atoms with Crippen LogP contribution in [0, 0.1) is 0 Å². The van der Waals surface area contributed by atoms with Crippen molar-refractivity contribution in [2.45, 2.75) is 36.5 Å². The SMILES string of the molecule is CCC1CN(S(=O)(=O)c2cnn(CCCNC)c2)CCS1. The van der Waals surface area contributed by atoms with Gasteiger partial charge in [0.1, 0.15) is 4.90 Å². The molecule has 0 amide bonds. The molecule has 1 unspecified atom stereocenters. The summed E-state index contributed by atoms with van der Waals surface area (Å²) in [6.07, 6.45) is 5.04. The molecule has 1 atom stereocenters. The average Bonchev–Trinajstić information content (AvgIpc) is 2.97. The number of aryl methyl sites for hydroxylation is 1. The molecule has 0 saturated carbocycles. The Morgan fingerprint density at radius 2 is 2.33 bits per heavy atom. The summed E-state index contributed by atoms with van der Waals surface area (Å²) in [6.45, 7) is 4.92. The minimum atomic E-state index is -3.39. The summed E-state index contributed by atoms with van der Waals surface area (Å²) in [7, 11) is -1.49. The van der Waals surface area contributed by atoms with Crippen LogP contribution in [0.1, 0.15) is 19.8 Å². The molecular formula is C13H24N4O2S2. The summed E-state index contributed by atoms with van der Waals surface area (Å²) < 4.78 is 28.6. The van der Waals surface area contributed by atoms with Crippen LogP contribution in [0.3, 0.4) is 0 Å². The van der Waals surface area contributed by atoms with Gasteiger partial charge in [-0.3, -0.25) is 4.68 Å². The van der Waals surface area contributed by atoms with Crippen LogP contribution in [0.2, 0.25) is 0 Å². The number of hydrogen-bond donors (Lipinski definition) is 1. The zero-order valence-corrected chi connectivity index (χ0v) is 14.3. The number of sulfonamides is 1. The second-order valence-electron chi connectivity index (χ2n) is 5.16. The molecule has 6 nitrogen and oxygen atoms in total. The Balaban J connectivity index is 2.05. The topological polar surface area (TPSA) is 67.2 Å². The summed E-state index contributed by atoms with van der Waals surface area (Å²) in [5.41, 5.74) is 0. The molecule has 1 aromatic heterocycles. The molecule has 1 aromatic rings. The van der Waals surface area contributed by atoms with Gasteiger partial charge in [0, 0.05) is 36.8 Å². The van der Waals surface area contributed by atoms with Crippen LogP contribution in [-0.4, -0.2) is 60.2 Å². The third-order valence-corrected chi connectivity index (χ3v) is 6.81. The fourth-order valence-electron chi connectivity index (χ4n) is 2.32. The van der Waals surface area contributed by atoms with Gasteiger partial charge in [0.2, 0.25) is 10.0 Å². The van der Waals surface area contributed by atoms with Crippen LogP contribution in [0.4, 0.5) is 0 Å². The van der Waals surface area contributed by atoms with Crippen molar-refractivity contribution in [3.63, 3.8) is 0 Å². The van der Waals surface area contributed by atoms with Gasteiger partial charge < -0.3 is 5.32 Å². The van der Waals surface area contributed by atoms with E-state index in [1.807, 2.05) is 18.8 Å². The van der Waals surface area contributed by atoms with Crippen molar-refractivity contribution in [3.05, 3.63) is 12.4 Å². The first kappa shape index (κ1) is 16.8. The number of hydrogen-bond acceptors (Lipinski definition) is 5. The quantitative estimate of drug-likeness (QED) is 0.755. The summed E-state index contributed by atoms with van der Waals surface area (Å²) in [4.78, 5) is 0.314. The molecule has 1 N–H and O–H groups in total. The maximum absolute atomic E-state index is 12.6. The standard InChI is InChI=1S/C13H24N4O2S2/c1-3-12-10-17(7-8-20-12)21(18,19)13-9-15-16(11-13)6-4-5-14-2/h9,11-12,14H,3-8,10H2,1-2H3. The molecule has 0 radical (unpaired) electrons. The number of nitrogens with zero attached hydrogens (tertiary/aromatic N) is 3. The van der Waals surface area contributed by atoms with Gasteiger partial charge in [0.05, 0.1) is 6.20 Å². The highest BCUT2D eigenvalue weighted by molar-refractivity contribution is 8.00. The van der Waals surface area contributed by atoms with Crippen LogP contribution >= 0.6 is 11.8 Å². The first-order chi connectivity index (χ1) is 10.1. The first-order valence-corrected chi connectivity index (χ1v) is 9.85. The maximum atomic E-state index is 12.6. The van der Waals surface area contributed by atoms with Gasteiger partial charge in [-0.25, -0.2) is 8.42 Å². The van der Waals surface area contributed by atoms with E-state index >= 15 is 0 Å². The van der Waals surface area contributed by atoms with Gasteiger partial charge in [-0.2, -0.15) is 21.2 Å². The van der Waals surface area contributed by atoms with Crippen molar-refractivity contribution in [1.29, 1.82) is 0 Å². The lowest BCUT2D eigenvalue weighted by Gasteiger charge is -2.30. The number of rotatable bonds is 7. The largest absolute Gasteiger partial charge is 0.320 e. The summed E-state index contributed by atoms with van der Waals surface area (Å²) in [6, 6.07) is 0. The summed E-state index contributed by atoms with van der Waals surface area (Å²) in [5, 5.41) is 7.64. The molecule has 1 aliphatic heterocycles. The fourth-order valence-corrected chi connectivity index (χ4v) is 5.16. The fraction of sp³-hybridized carbons (Fsp3) is 0.769. The first-order valence-electron chi connectivity index (χ1n) is 7.36. The van der Waals surface area contributed by atoms with Crippen molar-refractivity contribution >= 4 is 21.8 Å². The third-order valence-electron chi connectivity index (χ3n) is 3.62. The summed E-state index contributed by atoms with van der Waals surface area (Å²) in [5.74, 6) is 0.869. The second-order valence-corrected chi connectivity index (χ2v) is 8.51. The van der Waals surface area contributed by atoms with E-state index in [4.69, 9.17) is 0 Å². The zero-order chi connectivity index (χ0) is 15.3. The molecule has 2 heterocycles. The number of nitrogens with one attached hydrogen (secondary N) is 1. The lowest BCUT2D eigenvalue weighted by molar-refractivity contribution is 0.416. The number of aromatic nitrogens is 2. The molecule has 0 bridgehead atoms. The molecular weight excluding hydrogens is 308 g/mol. The monoisotopic (exact) mass is 332 g/mol. The van der Waals surface area contributed by atoms with Gasteiger partial charge in [0.15, 0.2) is 0 Å². The molecule has 2 rings (SSSR count). The third kappa shape index (κ3) is 4.21. The van der Waals surface area contributed by atoms with Gasteiger partial charge in [0.25, 0.3) is 0 Å². The van der Waals surface area contributed by atoms with Crippen molar-refractivity contribution < 1.29 is 8.42 Å². The van der Waals surface area contributed by atoms with Crippen LogP contribution < -0.4 is 5.32 Å². The average molecular weight is 332 g/mol. The molecule has 21 heavy (non-hydrogen) atoms. The van der Waals surface area contributed by atoms with E-state index in [1.165, 1.54) is 6.20 Å². The van der Waals surface area contributed by atoms with Crippen molar-refractivity contribution in [2.75, 3.05) is 32.4 Å². The zero-order valence-electron chi connectivity index (χ0n) is 12.7. The molecule has 120 valence electrons. The molecule has 0 aromatic carbocycles. The highest BCUT2D eigenvalue weighted by Crippen LogP contribution is 2.25. The van der Waals surface area contributed by atoms with E-state index < -0.39 is 10.0 Å². The predicted octanol–water partition coefficient (Wildman–Crippen LogP) is 1.01. The predicted molar refractivity (Wildman–Crippen MR) is 86.1 cm³/mol. The Morgan fingerprint density at radius 3 is 3.05 bits per heavy atom. The smallest absolute Gasteiger partial charge is 0.246 e. The highest BCUT2D eigenvalue weighted by atomic mass is 32.2. The van der Waals surface area contributed by atoms with Gasteiger partial charge in [-0.15, -0.1) is 0 Å². The highest BCUT2D eigenvalue weighted by Gasteiger charge is 2.30. The van der Waals surface area contributed by atoms with Crippen LogP contribution in [0.15, 0.2) is 17.3 Å². The summed E-state index contributed by atoms with van der Waals surface area (Å²) >= 11 is 1.86. The lowest BCUT2D eigenvalue weighted by Crippen LogP contribution is -2.41. The second kappa shape index (κ2) is 7.62. The van der Waals surface area contributed by atoms with Crippen LogP contribution in [-0.2, 0) is 16.6 Å². The van der Waals surface area contributed by atoms with Crippen molar-refractivity contribution in [1.82, 2.24) is 19.4 Å². The van der Waals surface area contributed by atoms with E-state index in [0.717, 1.165) is 31.7 Å². The maximum Gasteiger partial charge on any atom is 0.246 e. The van der Waals surface area contributed by atoms with E-state index in [2.05, 4.69) is 17.3 Å². The molecule has 1 aliphatic rings. The molecule has 1 saturated heterocycles. The number of thioether (sulfide) groups is 1. The van der Waals surface area contributed by atoms with Crippen LogP contribution in [0.25, 0.3) is 0 Å². The van der Waals surface area contributed by atoms with Gasteiger partial charge in [-0.1, -0.05) is 6.92 Å². The van der Waals surface area contributed by atoms with E-state index in [-0.39, 0.29) is 0 Å². The molecule has 0 spiro atoms. The normalized spacial score (nSPS) is 20.8. The molecule has 8 heteroatoms. The van der Waals surface area contributed by atoms with E-state index in [9.17, 15) is 8.42 Å². The minimum Gasteiger partial charge on any atom is -0.320 e. The molecule has 0 aliphatic carbocycles. The van der Waals surface area contributed by atoms with E-state index in [1.54, 1.807) is 15.2 Å². The van der Waals surface area contributed by atoms with E-state index in [0.29, 0.717) is 23.2 Å². The van der Waals surface area contributed by atoms with Gasteiger partial charge >= 0.3 is 0 Å². The van der Waals surface area contributed by atoms with Crippen molar-refractivity contribution in [2.24, 2.45) is 0 Å². The van der Waals surface area contributed by atoms with Gasteiger partial charge in [-0.05, 0) is 26.4 Å². The Labute approximate surface area is 131 Å². The van der Waals surface area contributed by atoms with Crippen LogP contribution in [0.5, 0.6) is 0 Å².